The van der Waals surface area contributed by atoms with Gasteiger partial charge in [0.1, 0.15) is 10.6 Å². The van der Waals surface area contributed by atoms with E-state index >= 15 is 0 Å². The minimum absolute atomic E-state index is 0.238. The molecule has 0 heterocycles. The summed E-state index contributed by atoms with van der Waals surface area (Å²) in [7, 11) is -3.40. The van der Waals surface area contributed by atoms with Crippen LogP contribution in [0.15, 0.2) is 17.0 Å². The van der Waals surface area contributed by atoms with Crippen molar-refractivity contribution in [1.29, 1.82) is 0 Å². The summed E-state index contributed by atoms with van der Waals surface area (Å²) in [6, 6.07) is 1.73. The highest BCUT2D eigenvalue weighted by Crippen LogP contribution is 2.36. The minimum Gasteiger partial charge on any atom is -0.508 e. The summed E-state index contributed by atoms with van der Waals surface area (Å²) in [4.78, 5) is -0.797. The summed E-state index contributed by atoms with van der Waals surface area (Å²) in [5.41, 5.74) is 0. The molecule has 0 aliphatic carbocycles. The van der Waals surface area contributed by atoms with Crippen LogP contribution in [0, 0.1) is 0 Å². The number of benzene rings is 1. The molecule has 0 saturated carbocycles. The van der Waals surface area contributed by atoms with E-state index in [9.17, 15) is 13.5 Å². The van der Waals surface area contributed by atoms with Gasteiger partial charge in [-0.15, -0.1) is 0 Å². The molecule has 0 fully saturated rings. The van der Waals surface area contributed by atoms with Gasteiger partial charge in [0.05, 0.1) is 7.11 Å². The van der Waals surface area contributed by atoms with Crippen molar-refractivity contribution in [2.45, 2.75) is 4.90 Å². The first-order valence-corrected chi connectivity index (χ1v) is 4.87. The van der Waals surface area contributed by atoms with E-state index in [0.717, 1.165) is 6.07 Å². The third kappa shape index (κ3) is 1.88. The van der Waals surface area contributed by atoms with Crippen molar-refractivity contribution in [2.75, 3.05) is 7.11 Å². The summed E-state index contributed by atoms with van der Waals surface area (Å²) in [6.07, 6.45) is 0. The number of hydrogen-bond donors (Lipinski definition) is 3. The average Bonchev–Trinajstić information content (AvgIpc) is 2.06. The molecule has 1 aromatic carbocycles. The molecule has 6 nitrogen and oxygen atoms in total. The molecule has 0 unspecified atom stereocenters. The lowest BCUT2D eigenvalue weighted by atomic mass is 10.3. The number of aromatic hydroxyl groups is 2. The molecule has 0 spiro atoms. The Morgan fingerprint density at radius 2 is 1.86 bits per heavy atom. The van der Waals surface area contributed by atoms with E-state index in [4.69, 9.17) is 9.66 Å². The topological polar surface area (TPSA) is 104 Å². The normalized spacial score (nSPS) is 11.3. The van der Waals surface area contributed by atoms with Crippen molar-refractivity contribution in [3.63, 3.8) is 0 Å². The molecule has 3 N–H and O–H groups in total. The van der Waals surface area contributed by atoms with Crippen LogP contribution in [0.3, 0.4) is 0 Å². The minimum atomic E-state index is -4.58. The Kier molecular flexibility index (Phi) is 2.54. The summed E-state index contributed by atoms with van der Waals surface area (Å²) >= 11 is 0. The Bertz CT molecular complexity index is 449. The summed E-state index contributed by atoms with van der Waals surface area (Å²) in [5, 5.41) is 18.3. The van der Waals surface area contributed by atoms with Crippen molar-refractivity contribution >= 4 is 10.1 Å². The van der Waals surface area contributed by atoms with Gasteiger partial charge in [0.25, 0.3) is 10.1 Å². The second-order valence-corrected chi connectivity index (χ2v) is 3.86. The molecule has 0 amide bonds. The van der Waals surface area contributed by atoms with Gasteiger partial charge < -0.3 is 14.9 Å². The fourth-order valence-electron chi connectivity index (χ4n) is 0.921. The van der Waals surface area contributed by atoms with E-state index < -0.39 is 26.5 Å². The van der Waals surface area contributed by atoms with Crippen LogP contribution in [0.1, 0.15) is 0 Å². The highest BCUT2D eigenvalue weighted by atomic mass is 32.2. The summed E-state index contributed by atoms with van der Waals surface area (Å²) in [5.74, 6) is -1.42. The number of phenolic OH excluding ortho intramolecular Hbond substituents is 2. The molecule has 0 saturated heterocycles. The highest BCUT2D eigenvalue weighted by Gasteiger charge is 2.20. The van der Waals surface area contributed by atoms with Crippen LogP contribution in [-0.2, 0) is 10.1 Å². The van der Waals surface area contributed by atoms with E-state index in [-0.39, 0.29) is 5.75 Å². The zero-order chi connectivity index (χ0) is 10.9. The van der Waals surface area contributed by atoms with Crippen molar-refractivity contribution in [3.05, 3.63) is 12.1 Å². The molecule has 0 bridgehead atoms. The van der Waals surface area contributed by atoms with Gasteiger partial charge in [-0.3, -0.25) is 4.55 Å². The van der Waals surface area contributed by atoms with E-state index in [1.54, 1.807) is 0 Å². The van der Waals surface area contributed by atoms with Crippen LogP contribution >= 0.6 is 0 Å². The predicted octanol–water partition coefficient (Wildman–Crippen LogP) is 0.353. The van der Waals surface area contributed by atoms with Crippen molar-refractivity contribution in [2.24, 2.45) is 0 Å². The Balaban J connectivity index is 3.53. The average molecular weight is 220 g/mol. The van der Waals surface area contributed by atoms with Crippen LogP contribution in [0.5, 0.6) is 17.2 Å². The molecular weight excluding hydrogens is 212 g/mol. The van der Waals surface area contributed by atoms with Crippen molar-refractivity contribution < 1.29 is 27.9 Å². The van der Waals surface area contributed by atoms with Crippen LogP contribution in [0.4, 0.5) is 0 Å². The SMILES string of the molecule is COc1cc(O)cc(S(=O)(=O)O)c1O. The van der Waals surface area contributed by atoms with Gasteiger partial charge in [-0.1, -0.05) is 0 Å². The largest absolute Gasteiger partial charge is 0.508 e. The first kappa shape index (κ1) is 10.6. The third-order valence-corrected chi connectivity index (χ3v) is 2.39. The molecule has 0 aromatic heterocycles. The van der Waals surface area contributed by atoms with E-state index in [2.05, 4.69) is 4.74 Å². The maximum atomic E-state index is 10.7. The molecule has 1 rings (SSSR count). The molecule has 14 heavy (non-hydrogen) atoms. The molecule has 1 aromatic rings. The summed E-state index contributed by atoms with van der Waals surface area (Å²) < 4.78 is 34.6. The Morgan fingerprint density at radius 3 is 2.29 bits per heavy atom. The number of methoxy groups -OCH3 is 1. The van der Waals surface area contributed by atoms with Gasteiger partial charge in [0.2, 0.25) is 0 Å². The third-order valence-electron chi connectivity index (χ3n) is 1.52. The standard InChI is InChI=1S/C7H8O6S/c1-13-5-2-4(8)3-6(7(5)9)14(10,11)12/h2-3,8-9H,1H3,(H,10,11,12). The zero-order valence-corrected chi connectivity index (χ0v) is 7.95. The van der Waals surface area contributed by atoms with Gasteiger partial charge in [-0.25, -0.2) is 0 Å². The Morgan fingerprint density at radius 1 is 1.29 bits per heavy atom. The van der Waals surface area contributed by atoms with E-state index in [1.165, 1.54) is 7.11 Å². The van der Waals surface area contributed by atoms with Crippen LogP contribution < -0.4 is 4.74 Å². The lowest BCUT2D eigenvalue weighted by Crippen LogP contribution is -1.99. The van der Waals surface area contributed by atoms with Gasteiger partial charge in [-0.05, 0) is 0 Å². The second-order valence-electron chi connectivity index (χ2n) is 2.47. The smallest absolute Gasteiger partial charge is 0.298 e. The van der Waals surface area contributed by atoms with Crippen molar-refractivity contribution in [3.8, 4) is 17.2 Å². The van der Waals surface area contributed by atoms with Gasteiger partial charge >= 0.3 is 0 Å². The van der Waals surface area contributed by atoms with Crippen molar-refractivity contribution in [1.82, 2.24) is 0 Å². The maximum Gasteiger partial charge on any atom is 0.298 e. The van der Waals surface area contributed by atoms with E-state index in [1.807, 2.05) is 0 Å². The second kappa shape index (κ2) is 3.35. The van der Waals surface area contributed by atoms with Crippen LogP contribution in [-0.4, -0.2) is 30.3 Å². The lowest BCUT2D eigenvalue weighted by Gasteiger charge is -2.07. The maximum absolute atomic E-state index is 10.7. The molecule has 0 aliphatic rings. The first-order valence-electron chi connectivity index (χ1n) is 3.43. The fraction of sp³-hybridized carbons (Fsp3) is 0.143. The fourth-order valence-corrected chi connectivity index (χ4v) is 1.54. The molecule has 0 atom stereocenters. The Hall–Kier alpha value is -1.47. The quantitative estimate of drug-likeness (QED) is 0.490. The van der Waals surface area contributed by atoms with Gasteiger partial charge in [-0.2, -0.15) is 8.42 Å². The number of phenols is 2. The molecule has 0 aliphatic heterocycles. The van der Waals surface area contributed by atoms with E-state index in [0.29, 0.717) is 6.07 Å². The highest BCUT2D eigenvalue weighted by molar-refractivity contribution is 7.86. The number of hydrogen-bond acceptors (Lipinski definition) is 5. The lowest BCUT2D eigenvalue weighted by molar-refractivity contribution is 0.358. The zero-order valence-electron chi connectivity index (χ0n) is 7.13. The Labute approximate surface area is 80.1 Å². The summed E-state index contributed by atoms with van der Waals surface area (Å²) in [6.45, 7) is 0. The van der Waals surface area contributed by atoms with Crippen LogP contribution in [0.2, 0.25) is 0 Å². The molecule has 0 radical (unpaired) electrons. The monoisotopic (exact) mass is 220 g/mol. The van der Waals surface area contributed by atoms with Crippen LogP contribution in [0.25, 0.3) is 0 Å². The predicted molar refractivity (Wildman–Crippen MR) is 46.1 cm³/mol. The van der Waals surface area contributed by atoms with Gasteiger partial charge in [0, 0.05) is 12.1 Å². The number of rotatable bonds is 2. The molecule has 7 heteroatoms. The molecular formula is C7H8O6S. The molecule has 78 valence electrons. The first-order chi connectivity index (χ1) is 6.36. The van der Waals surface area contributed by atoms with Gasteiger partial charge in [0.15, 0.2) is 11.5 Å². The number of ether oxygens (including phenoxy) is 1.